The second-order valence-electron chi connectivity index (χ2n) is 36.2. The van der Waals surface area contributed by atoms with Crippen LogP contribution < -0.4 is 9.80 Å². The number of hydrogen-bond acceptors (Lipinski definition) is 4. The van der Waals surface area contributed by atoms with Crippen LogP contribution in [0.1, 0.15) is 179 Å². The molecule has 2 aliphatic carbocycles. The number of rotatable bonds is 9. The quantitative estimate of drug-likeness (QED) is 0.144. The lowest BCUT2D eigenvalue weighted by molar-refractivity contribution is 0.589. The minimum absolute atomic E-state index is 0.00976. The standard InChI is InChI=1S/C102H95N3O2/c1-96(2,3)62-36-38-66(39-37-62)102(68-47-57-85-80(59-68)79-58-67(100(13,14)15)46-56-84(79)104(85)70-50-42-64(43-51-70)98(7,8)9)82-60-72(103(69-48-40-63(41-49-69)97(4,5)6)86-32-24-29-75-73-26-19-22-34-89(73)106-94(75)86)54-55-78(82)91-83(102)61-88(93-92(91)77-28-18-21-31-81(77)101(93,16)17)105(71-52-44-65(45-53-71)99(10,11)12)87-33-25-30-76-74-27-20-23-35-90(74)107-95(76)87/h18-61H,1-17H3. The summed E-state index contributed by atoms with van der Waals surface area (Å²) in [6, 6.07) is 102. The topological polar surface area (TPSA) is 37.7 Å². The maximum atomic E-state index is 7.26. The fourth-order valence-electron chi connectivity index (χ4n) is 18.0. The number of aromatic nitrogens is 1. The third-order valence-electron chi connectivity index (χ3n) is 23.9. The zero-order valence-electron chi connectivity index (χ0n) is 65.1. The molecule has 0 aliphatic heterocycles. The largest absolute Gasteiger partial charge is 0.454 e. The van der Waals surface area contributed by atoms with E-state index in [-0.39, 0.29) is 27.1 Å². The second-order valence-corrected chi connectivity index (χ2v) is 36.2. The van der Waals surface area contributed by atoms with Crippen molar-refractivity contribution in [3.63, 3.8) is 0 Å². The van der Waals surface area contributed by atoms with E-state index in [2.05, 4.69) is 399 Å². The lowest BCUT2D eigenvalue weighted by Crippen LogP contribution is -2.30. The summed E-state index contributed by atoms with van der Waals surface area (Å²) in [6.45, 7) is 39.7. The van der Waals surface area contributed by atoms with Crippen LogP contribution in [0.4, 0.5) is 34.1 Å². The van der Waals surface area contributed by atoms with Crippen LogP contribution in [-0.2, 0) is 37.9 Å². The summed E-state index contributed by atoms with van der Waals surface area (Å²) in [4.78, 5) is 5.04. The number of benzene rings is 13. The first kappa shape index (κ1) is 67.7. The fourth-order valence-corrected chi connectivity index (χ4v) is 18.0. The van der Waals surface area contributed by atoms with Gasteiger partial charge in [0.15, 0.2) is 11.2 Å². The number of fused-ring (bicyclic) bond motifs is 16. The predicted molar refractivity (Wildman–Crippen MR) is 453 cm³/mol. The molecule has 0 radical (unpaired) electrons. The van der Waals surface area contributed by atoms with Crippen molar-refractivity contribution in [3.05, 3.63) is 328 Å². The Labute approximate surface area is 630 Å². The highest BCUT2D eigenvalue weighted by Gasteiger charge is 2.52. The van der Waals surface area contributed by atoms with Gasteiger partial charge in [-0.1, -0.05) is 281 Å². The Hall–Kier alpha value is -11.1. The minimum Gasteiger partial charge on any atom is -0.454 e. The number of furan rings is 2. The van der Waals surface area contributed by atoms with Gasteiger partial charge in [0, 0.05) is 60.5 Å². The van der Waals surface area contributed by atoms with E-state index >= 15 is 0 Å². The maximum absolute atomic E-state index is 7.26. The van der Waals surface area contributed by atoms with Gasteiger partial charge in [0.2, 0.25) is 0 Å². The van der Waals surface area contributed by atoms with E-state index in [1.54, 1.807) is 0 Å². The molecule has 18 rings (SSSR count). The van der Waals surface area contributed by atoms with Crippen LogP contribution >= 0.6 is 0 Å². The van der Waals surface area contributed by atoms with Crippen molar-refractivity contribution in [2.75, 3.05) is 9.80 Å². The van der Waals surface area contributed by atoms with Gasteiger partial charge in [-0.3, -0.25) is 0 Å². The van der Waals surface area contributed by atoms with Crippen molar-refractivity contribution < 1.29 is 8.83 Å². The second kappa shape index (κ2) is 23.7. The molecular weight excluding hydrogens is 1300 g/mol. The van der Waals surface area contributed by atoms with E-state index in [1.165, 1.54) is 99.7 Å². The van der Waals surface area contributed by atoms with Crippen molar-refractivity contribution in [2.24, 2.45) is 0 Å². The van der Waals surface area contributed by atoms with Crippen LogP contribution in [0.25, 0.3) is 93.6 Å². The summed E-state index contributed by atoms with van der Waals surface area (Å²) >= 11 is 0. The third kappa shape index (κ3) is 10.5. The summed E-state index contributed by atoms with van der Waals surface area (Å²) in [5.74, 6) is 0. The first-order chi connectivity index (χ1) is 51.0. The molecule has 1 atom stereocenters. The van der Waals surface area contributed by atoms with Crippen molar-refractivity contribution in [1.29, 1.82) is 0 Å². The molecule has 0 spiro atoms. The van der Waals surface area contributed by atoms with Crippen LogP contribution in [0.5, 0.6) is 0 Å². The number of para-hydroxylation sites is 4. The van der Waals surface area contributed by atoms with Gasteiger partial charge >= 0.3 is 0 Å². The van der Waals surface area contributed by atoms with E-state index in [0.29, 0.717) is 0 Å². The average molecular weight is 1390 g/mol. The van der Waals surface area contributed by atoms with Gasteiger partial charge in [-0.15, -0.1) is 0 Å². The van der Waals surface area contributed by atoms with Crippen LogP contribution in [-0.4, -0.2) is 4.57 Å². The van der Waals surface area contributed by atoms with E-state index in [0.717, 1.165) is 89.2 Å². The van der Waals surface area contributed by atoms with Crippen molar-refractivity contribution >= 4 is 99.8 Å². The maximum Gasteiger partial charge on any atom is 0.159 e. The highest BCUT2D eigenvalue weighted by molar-refractivity contribution is 6.14. The van der Waals surface area contributed by atoms with Crippen LogP contribution in [0.2, 0.25) is 0 Å². The molecule has 5 heteroatoms. The lowest BCUT2D eigenvalue weighted by Gasteiger charge is -2.38. The first-order valence-electron chi connectivity index (χ1n) is 38.4. The van der Waals surface area contributed by atoms with Gasteiger partial charge in [-0.05, 0) is 214 Å². The molecule has 0 saturated heterocycles. The Kier molecular flexibility index (Phi) is 15.0. The first-order valence-corrected chi connectivity index (χ1v) is 38.4. The normalized spacial score (nSPS) is 15.1. The van der Waals surface area contributed by atoms with E-state index in [1.807, 2.05) is 0 Å². The Balaban J connectivity index is 1.02. The fraction of sp³-hybridized carbons (Fsp3) is 0.235. The molecule has 0 N–H and O–H groups in total. The summed E-state index contributed by atoms with van der Waals surface area (Å²) < 4.78 is 16.9. The molecule has 2 aliphatic rings. The Morgan fingerprint density at radius 1 is 0.299 bits per heavy atom. The molecule has 0 amide bonds. The third-order valence-corrected chi connectivity index (χ3v) is 23.9. The summed E-state index contributed by atoms with van der Waals surface area (Å²) in [7, 11) is 0. The van der Waals surface area contributed by atoms with Gasteiger partial charge < -0.3 is 23.2 Å². The van der Waals surface area contributed by atoms with Crippen molar-refractivity contribution in [3.8, 4) is 27.9 Å². The highest BCUT2D eigenvalue weighted by Crippen LogP contribution is 2.67. The molecule has 5 nitrogen and oxygen atoms in total. The van der Waals surface area contributed by atoms with Crippen LogP contribution in [0.3, 0.4) is 0 Å². The van der Waals surface area contributed by atoms with E-state index in [9.17, 15) is 0 Å². The van der Waals surface area contributed by atoms with Crippen molar-refractivity contribution in [2.45, 2.75) is 156 Å². The van der Waals surface area contributed by atoms with Gasteiger partial charge in [0.25, 0.3) is 0 Å². The molecule has 107 heavy (non-hydrogen) atoms. The molecule has 1 unspecified atom stereocenters. The molecular formula is C102H95N3O2. The molecule has 3 aromatic heterocycles. The van der Waals surface area contributed by atoms with Gasteiger partial charge in [-0.25, -0.2) is 0 Å². The zero-order valence-corrected chi connectivity index (χ0v) is 65.1. The smallest absolute Gasteiger partial charge is 0.159 e. The van der Waals surface area contributed by atoms with Gasteiger partial charge in [-0.2, -0.15) is 0 Å². The highest BCUT2D eigenvalue weighted by atomic mass is 16.3. The molecule has 0 fully saturated rings. The summed E-state index contributed by atoms with van der Waals surface area (Å²) in [5.41, 5.74) is 29.7. The predicted octanol–water partition coefficient (Wildman–Crippen LogP) is 28.7. The average Bonchev–Trinajstić information content (AvgIpc) is 1.50. The van der Waals surface area contributed by atoms with Crippen molar-refractivity contribution in [1.82, 2.24) is 4.57 Å². The molecule has 13 aromatic carbocycles. The Morgan fingerprint density at radius 2 is 0.729 bits per heavy atom. The SMILES string of the molecule is CC(C)(C)c1ccc(N(c2ccc3c(c2)C(c2ccc(C(C)(C)C)cc2)(c2ccc4c(c2)c2cc(C(C)(C)C)ccc2n4-c2ccc(C(C)(C)C)cc2)c2cc(N(c4ccc(C(C)(C)C)cc4)c4cccc5c4oc4ccccc45)c4c(c2-3)-c2ccccc2C4(C)C)c2cccc3c2oc2ccccc23)cc1. The van der Waals surface area contributed by atoms with Crippen LogP contribution in [0.15, 0.2) is 276 Å². The minimum atomic E-state index is -1.01. The molecule has 0 saturated carbocycles. The summed E-state index contributed by atoms with van der Waals surface area (Å²) in [5, 5.41) is 6.74. The molecule has 530 valence electrons. The van der Waals surface area contributed by atoms with Gasteiger partial charge in [0.1, 0.15) is 11.2 Å². The van der Waals surface area contributed by atoms with Crippen LogP contribution in [0, 0.1) is 0 Å². The monoisotopic (exact) mass is 1390 g/mol. The number of hydrogen-bond donors (Lipinski definition) is 0. The lowest BCUT2D eigenvalue weighted by atomic mass is 9.66. The number of nitrogens with zero attached hydrogens (tertiary/aromatic N) is 3. The molecule has 16 aromatic rings. The Morgan fingerprint density at radius 3 is 1.28 bits per heavy atom. The molecule has 0 bridgehead atoms. The van der Waals surface area contributed by atoms with E-state index < -0.39 is 10.8 Å². The molecule has 3 heterocycles. The number of anilines is 6. The summed E-state index contributed by atoms with van der Waals surface area (Å²) in [6.07, 6.45) is 0. The van der Waals surface area contributed by atoms with Gasteiger partial charge in [0.05, 0.1) is 33.5 Å². The zero-order chi connectivity index (χ0) is 74.4. The van der Waals surface area contributed by atoms with E-state index in [4.69, 9.17) is 8.83 Å². The Bertz CT molecular complexity index is 6270.